The van der Waals surface area contributed by atoms with E-state index < -0.39 is 0 Å². The molecular formula is C9H11Cl2N3. The van der Waals surface area contributed by atoms with Crippen molar-refractivity contribution >= 4 is 23.2 Å². The molecule has 14 heavy (non-hydrogen) atoms. The molecule has 1 aromatic rings. The lowest BCUT2D eigenvalue weighted by molar-refractivity contribution is 0.552. The number of benzene rings is 1. The zero-order valence-electron chi connectivity index (χ0n) is 7.43. The minimum atomic E-state index is -0.0215. The van der Waals surface area contributed by atoms with E-state index in [1.807, 2.05) is 12.1 Å². The summed E-state index contributed by atoms with van der Waals surface area (Å²) in [5, 5.41) is 1.32. The molecule has 0 bridgehead atoms. The fourth-order valence-electron chi connectivity index (χ4n) is 1.57. The smallest absolute Gasteiger partial charge is 0.0698 e. The lowest BCUT2D eigenvalue weighted by atomic mass is 10.0. The summed E-state index contributed by atoms with van der Waals surface area (Å²) >= 11 is 11.9. The van der Waals surface area contributed by atoms with Gasteiger partial charge < -0.3 is 5.73 Å². The van der Waals surface area contributed by atoms with Gasteiger partial charge in [-0.25, -0.2) is 10.9 Å². The second kappa shape index (κ2) is 4.04. The summed E-state index contributed by atoms with van der Waals surface area (Å²) < 4.78 is 0. The van der Waals surface area contributed by atoms with Crippen molar-refractivity contribution in [3.05, 3.63) is 33.8 Å². The second-order valence-electron chi connectivity index (χ2n) is 3.35. The highest BCUT2D eigenvalue weighted by Gasteiger charge is 2.23. The van der Waals surface area contributed by atoms with Gasteiger partial charge >= 0.3 is 0 Å². The molecule has 0 spiro atoms. The molecule has 2 unspecified atom stereocenters. The van der Waals surface area contributed by atoms with Gasteiger partial charge in [0, 0.05) is 10.0 Å². The van der Waals surface area contributed by atoms with E-state index in [-0.39, 0.29) is 12.2 Å². The Hall–Kier alpha value is -0.320. The fourth-order valence-corrected chi connectivity index (χ4v) is 2.11. The molecule has 1 heterocycles. The van der Waals surface area contributed by atoms with E-state index >= 15 is 0 Å². The van der Waals surface area contributed by atoms with Crippen LogP contribution in [0.4, 0.5) is 0 Å². The molecule has 1 aliphatic rings. The van der Waals surface area contributed by atoms with Gasteiger partial charge in [0.1, 0.15) is 0 Å². The zero-order valence-corrected chi connectivity index (χ0v) is 8.94. The maximum Gasteiger partial charge on any atom is 0.0698 e. The second-order valence-corrected chi connectivity index (χ2v) is 4.19. The lowest BCUT2D eigenvalue weighted by Gasteiger charge is -2.11. The van der Waals surface area contributed by atoms with Crippen LogP contribution in [0.5, 0.6) is 0 Å². The first-order valence-corrected chi connectivity index (χ1v) is 5.14. The largest absolute Gasteiger partial charge is 0.315 e. The molecule has 0 aliphatic carbocycles. The summed E-state index contributed by atoms with van der Waals surface area (Å²) in [4.78, 5) is 0. The fraction of sp³-hybridized carbons (Fsp3) is 0.333. The van der Waals surface area contributed by atoms with E-state index in [4.69, 9.17) is 28.9 Å². The highest BCUT2D eigenvalue weighted by molar-refractivity contribution is 6.35. The summed E-state index contributed by atoms with van der Waals surface area (Å²) in [5.74, 6) is 0. The Morgan fingerprint density at radius 1 is 1.29 bits per heavy atom. The number of nitrogens with two attached hydrogens (primary N) is 1. The lowest BCUT2D eigenvalue weighted by Crippen LogP contribution is -2.36. The third-order valence-electron chi connectivity index (χ3n) is 2.27. The van der Waals surface area contributed by atoms with Crippen molar-refractivity contribution in [3.8, 4) is 0 Å². The maximum atomic E-state index is 6.06. The summed E-state index contributed by atoms with van der Waals surface area (Å²) in [6, 6.07) is 5.65. The van der Waals surface area contributed by atoms with E-state index in [9.17, 15) is 0 Å². The average molecular weight is 232 g/mol. The van der Waals surface area contributed by atoms with E-state index in [2.05, 4.69) is 10.9 Å². The number of hydrogen-bond donors (Lipinski definition) is 3. The van der Waals surface area contributed by atoms with Crippen LogP contribution >= 0.6 is 23.2 Å². The van der Waals surface area contributed by atoms with Crippen molar-refractivity contribution in [2.45, 2.75) is 18.6 Å². The van der Waals surface area contributed by atoms with Crippen LogP contribution < -0.4 is 16.6 Å². The highest BCUT2D eigenvalue weighted by Crippen LogP contribution is 2.29. The topological polar surface area (TPSA) is 50.1 Å². The quantitative estimate of drug-likeness (QED) is 0.692. The van der Waals surface area contributed by atoms with Crippen LogP contribution in [-0.4, -0.2) is 6.17 Å². The summed E-state index contributed by atoms with van der Waals surface area (Å²) in [7, 11) is 0. The standard InChI is InChI=1S/C9H11Cl2N3/c10-5-1-2-6(7(11)3-5)8-4-9(12)14-13-8/h1-3,8-9,13-14H,4,12H2. The van der Waals surface area contributed by atoms with Gasteiger partial charge in [0.2, 0.25) is 0 Å². The molecule has 3 nitrogen and oxygen atoms in total. The van der Waals surface area contributed by atoms with Crippen LogP contribution in [-0.2, 0) is 0 Å². The van der Waals surface area contributed by atoms with Crippen LogP contribution in [0, 0.1) is 0 Å². The molecule has 1 saturated heterocycles. The molecule has 1 fully saturated rings. The first kappa shape index (κ1) is 10.2. The molecule has 1 aliphatic heterocycles. The van der Waals surface area contributed by atoms with Gasteiger partial charge in [0.15, 0.2) is 0 Å². The maximum absolute atomic E-state index is 6.06. The first-order valence-electron chi connectivity index (χ1n) is 4.38. The monoisotopic (exact) mass is 231 g/mol. The number of halogens is 2. The molecule has 1 aromatic carbocycles. The van der Waals surface area contributed by atoms with Gasteiger partial charge in [0.05, 0.1) is 12.2 Å². The van der Waals surface area contributed by atoms with Crippen LogP contribution in [0.15, 0.2) is 18.2 Å². The van der Waals surface area contributed by atoms with Crippen molar-refractivity contribution < 1.29 is 0 Å². The predicted octanol–water partition coefficient (Wildman–Crippen LogP) is 1.82. The summed E-state index contributed by atoms with van der Waals surface area (Å²) in [5.41, 5.74) is 12.8. The highest BCUT2D eigenvalue weighted by atomic mass is 35.5. The molecule has 2 rings (SSSR count). The van der Waals surface area contributed by atoms with Crippen molar-refractivity contribution in [3.63, 3.8) is 0 Å². The van der Waals surface area contributed by atoms with Gasteiger partial charge in [-0.2, -0.15) is 0 Å². The van der Waals surface area contributed by atoms with Gasteiger partial charge in [-0.1, -0.05) is 29.3 Å². The van der Waals surface area contributed by atoms with Gasteiger partial charge in [-0.3, -0.25) is 0 Å². The molecular weight excluding hydrogens is 221 g/mol. The minimum absolute atomic E-state index is 0.0215. The molecule has 0 saturated carbocycles. The van der Waals surface area contributed by atoms with E-state index in [0.29, 0.717) is 10.0 Å². The third kappa shape index (κ3) is 2.02. The molecule has 0 amide bonds. The Labute approximate surface area is 92.5 Å². The average Bonchev–Trinajstić information content (AvgIpc) is 2.51. The first-order chi connectivity index (χ1) is 6.66. The van der Waals surface area contributed by atoms with E-state index in [1.165, 1.54) is 0 Å². The summed E-state index contributed by atoms with van der Waals surface area (Å²) in [6.07, 6.45) is 0.799. The van der Waals surface area contributed by atoms with Crippen LogP contribution in [0.2, 0.25) is 10.0 Å². The molecule has 0 radical (unpaired) electrons. The number of hydrazine groups is 1. The van der Waals surface area contributed by atoms with Gasteiger partial charge in [-0.15, -0.1) is 0 Å². The Kier molecular flexibility index (Phi) is 2.95. The van der Waals surface area contributed by atoms with Gasteiger partial charge in [-0.05, 0) is 24.1 Å². The van der Waals surface area contributed by atoms with E-state index in [0.717, 1.165) is 12.0 Å². The number of rotatable bonds is 1. The molecule has 76 valence electrons. The molecule has 5 heteroatoms. The molecule has 4 N–H and O–H groups in total. The van der Waals surface area contributed by atoms with Crippen molar-refractivity contribution in [1.82, 2.24) is 10.9 Å². The third-order valence-corrected chi connectivity index (χ3v) is 2.83. The van der Waals surface area contributed by atoms with Crippen LogP contribution in [0.3, 0.4) is 0 Å². The van der Waals surface area contributed by atoms with Crippen LogP contribution in [0.25, 0.3) is 0 Å². The Morgan fingerprint density at radius 2 is 2.07 bits per heavy atom. The van der Waals surface area contributed by atoms with Crippen LogP contribution in [0.1, 0.15) is 18.0 Å². The normalized spacial score (nSPS) is 26.8. The number of hydrogen-bond acceptors (Lipinski definition) is 3. The number of nitrogens with one attached hydrogen (secondary N) is 2. The van der Waals surface area contributed by atoms with Crippen molar-refractivity contribution in [2.24, 2.45) is 5.73 Å². The van der Waals surface area contributed by atoms with E-state index in [1.54, 1.807) is 6.07 Å². The Balaban J connectivity index is 2.24. The molecule has 0 aromatic heterocycles. The van der Waals surface area contributed by atoms with Gasteiger partial charge in [0.25, 0.3) is 0 Å². The molecule has 2 atom stereocenters. The van der Waals surface area contributed by atoms with Crippen molar-refractivity contribution in [1.29, 1.82) is 0 Å². The predicted molar refractivity (Wildman–Crippen MR) is 58.1 cm³/mol. The SMILES string of the molecule is NC1CC(c2ccc(Cl)cc2Cl)NN1. The zero-order chi connectivity index (χ0) is 10.1. The van der Waals surface area contributed by atoms with Crippen molar-refractivity contribution in [2.75, 3.05) is 0 Å². The summed E-state index contributed by atoms with van der Waals surface area (Å²) in [6.45, 7) is 0. The minimum Gasteiger partial charge on any atom is -0.315 e. The Morgan fingerprint density at radius 3 is 2.64 bits per heavy atom. The Bertz CT molecular complexity index is 343.